The van der Waals surface area contributed by atoms with Crippen LogP contribution in [0.25, 0.3) is 0 Å². The van der Waals surface area contributed by atoms with E-state index in [1.54, 1.807) is 12.1 Å². The van der Waals surface area contributed by atoms with Crippen molar-refractivity contribution < 1.29 is 14.7 Å². The maximum absolute atomic E-state index is 11.7. The highest BCUT2D eigenvalue weighted by atomic mass is 16.4. The molecule has 1 aromatic rings. The zero-order valence-corrected chi connectivity index (χ0v) is 12.3. The molecule has 5 heteroatoms. The fourth-order valence-electron chi connectivity index (χ4n) is 1.86. The summed E-state index contributed by atoms with van der Waals surface area (Å²) in [6.45, 7) is 5.99. The number of carbonyl (C=O) groups is 2. The molecule has 0 aliphatic heterocycles. The Kier molecular flexibility index (Phi) is 7.01. The van der Waals surface area contributed by atoms with Gasteiger partial charge in [-0.05, 0) is 43.9 Å². The van der Waals surface area contributed by atoms with Crippen LogP contribution >= 0.6 is 0 Å². The van der Waals surface area contributed by atoms with Crippen molar-refractivity contribution in [2.75, 3.05) is 0 Å². The molecule has 0 fully saturated rings. The Morgan fingerprint density at radius 2 is 2.00 bits per heavy atom. The molecule has 0 aliphatic rings. The average molecular weight is 290 g/mol. The second-order valence-corrected chi connectivity index (χ2v) is 4.95. The van der Waals surface area contributed by atoms with Crippen LogP contribution in [-0.4, -0.2) is 23.1 Å². The van der Waals surface area contributed by atoms with Gasteiger partial charge in [-0.1, -0.05) is 18.2 Å². The first-order chi connectivity index (χ1) is 10.0. The van der Waals surface area contributed by atoms with E-state index >= 15 is 0 Å². The van der Waals surface area contributed by atoms with Crippen molar-refractivity contribution in [3.05, 3.63) is 48.0 Å². The number of amides is 2. The van der Waals surface area contributed by atoms with Crippen LogP contribution in [0.15, 0.2) is 36.9 Å². The number of allylic oxidation sites excluding steroid dienone is 1. The molecule has 0 radical (unpaired) electrons. The summed E-state index contributed by atoms with van der Waals surface area (Å²) in [5, 5.41) is 14.4. The highest BCUT2D eigenvalue weighted by Gasteiger charge is 2.07. The second-order valence-electron chi connectivity index (χ2n) is 4.95. The number of benzene rings is 1. The number of hydrogen-bond donors (Lipinski definition) is 3. The maximum Gasteiger partial charge on any atom is 0.335 e. The van der Waals surface area contributed by atoms with Crippen molar-refractivity contribution in [2.24, 2.45) is 0 Å². The Morgan fingerprint density at radius 3 is 2.57 bits per heavy atom. The quantitative estimate of drug-likeness (QED) is 0.509. The van der Waals surface area contributed by atoms with Gasteiger partial charge in [0.25, 0.3) is 0 Å². The third-order valence-corrected chi connectivity index (χ3v) is 3.08. The molecule has 2 amide bonds. The topological polar surface area (TPSA) is 78.4 Å². The van der Waals surface area contributed by atoms with E-state index in [9.17, 15) is 9.59 Å². The summed E-state index contributed by atoms with van der Waals surface area (Å²) in [6, 6.07) is 6.32. The van der Waals surface area contributed by atoms with Crippen LogP contribution in [0.3, 0.4) is 0 Å². The summed E-state index contributed by atoms with van der Waals surface area (Å²) >= 11 is 0. The van der Waals surface area contributed by atoms with Crippen LogP contribution in [0.5, 0.6) is 0 Å². The highest BCUT2D eigenvalue weighted by molar-refractivity contribution is 5.87. The van der Waals surface area contributed by atoms with E-state index in [2.05, 4.69) is 17.2 Å². The third-order valence-electron chi connectivity index (χ3n) is 3.08. The van der Waals surface area contributed by atoms with Gasteiger partial charge in [0.15, 0.2) is 0 Å². The number of aromatic carboxylic acids is 1. The van der Waals surface area contributed by atoms with Gasteiger partial charge in [-0.2, -0.15) is 0 Å². The summed E-state index contributed by atoms with van der Waals surface area (Å²) in [5.74, 6) is -0.958. The van der Waals surface area contributed by atoms with E-state index in [-0.39, 0.29) is 17.6 Å². The molecule has 21 heavy (non-hydrogen) atoms. The summed E-state index contributed by atoms with van der Waals surface area (Å²) in [5.41, 5.74) is 1.09. The number of carboxylic acid groups (broad SMARTS) is 1. The van der Waals surface area contributed by atoms with Crippen molar-refractivity contribution >= 4 is 12.0 Å². The van der Waals surface area contributed by atoms with E-state index in [1.807, 2.05) is 13.0 Å². The van der Waals surface area contributed by atoms with Gasteiger partial charge in [0, 0.05) is 12.6 Å². The van der Waals surface area contributed by atoms with Gasteiger partial charge < -0.3 is 15.7 Å². The van der Waals surface area contributed by atoms with E-state index in [1.165, 1.54) is 12.1 Å². The first-order valence-electron chi connectivity index (χ1n) is 7.00. The molecular weight excluding hydrogens is 268 g/mol. The highest BCUT2D eigenvalue weighted by Crippen LogP contribution is 2.04. The zero-order chi connectivity index (χ0) is 15.7. The predicted octanol–water partition coefficient (Wildman–Crippen LogP) is 2.93. The molecule has 1 unspecified atom stereocenters. The molecule has 114 valence electrons. The third kappa shape index (κ3) is 6.61. The van der Waals surface area contributed by atoms with Crippen LogP contribution in [-0.2, 0) is 6.54 Å². The van der Waals surface area contributed by atoms with Crippen molar-refractivity contribution in [1.29, 1.82) is 0 Å². The number of rotatable bonds is 8. The van der Waals surface area contributed by atoms with Crippen molar-refractivity contribution in [2.45, 2.75) is 38.8 Å². The number of unbranched alkanes of at least 4 members (excludes halogenated alkanes) is 1. The molecule has 0 heterocycles. The average Bonchev–Trinajstić information content (AvgIpc) is 2.46. The molecule has 0 saturated heterocycles. The normalized spacial score (nSPS) is 11.5. The molecular formula is C16H22N2O3. The molecule has 0 saturated carbocycles. The Hall–Kier alpha value is -2.30. The van der Waals surface area contributed by atoms with Crippen LogP contribution in [0, 0.1) is 0 Å². The Bertz CT molecular complexity index is 483. The molecule has 1 atom stereocenters. The van der Waals surface area contributed by atoms with E-state index < -0.39 is 5.97 Å². The maximum atomic E-state index is 11.7. The molecule has 3 N–H and O–H groups in total. The summed E-state index contributed by atoms with van der Waals surface area (Å²) in [6.07, 6.45) is 4.73. The number of nitrogens with one attached hydrogen (secondary N) is 2. The Morgan fingerprint density at radius 1 is 1.33 bits per heavy atom. The standard InChI is InChI=1S/C16H22N2O3/c1-3-4-5-6-12(2)18-16(21)17-11-13-7-9-14(10-8-13)15(19)20/h3,7-10,12H,1,4-6,11H2,2H3,(H,19,20)(H2,17,18,21). The molecule has 5 nitrogen and oxygen atoms in total. The molecule has 1 rings (SSSR count). The molecule has 0 aliphatic carbocycles. The number of carboxylic acids is 1. The second kappa shape index (κ2) is 8.79. The fourth-order valence-corrected chi connectivity index (χ4v) is 1.86. The van der Waals surface area contributed by atoms with Gasteiger partial charge >= 0.3 is 12.0 Å². The first kappa shape index (κ1) is 16.8. The van der Waals surface area contributed by atoms with Gasteiger partial charge in [0.05, 0.1) is 5.56 Å². The van der Waals surface area contributed by atoms with Crippen molar-refractivity contribution in [3.63, 3.8) is 0 Å². The molecule has 1 aromatic carbocycles. The number of urea groups is 1. The first-order valence-corrected chi connectivity index (χ1v) is 7.00. The van der Waals surface area contributed by atoms with Crippen LogP contribution in [0.4, 0.5) is 4.79 Å². The minimum Gasteiger partial charge on any atom is -0.478 e. The predicted molar refractivity (Wildman–Crippen MR) is 82.3 cm³/mol. The SMILES string of the molecule is C=CCCCC(C)NC(=O)NCc1ccc(C(=O)O)cc1. The van der Waals surface area contributed by atoms with Gasteiger partial charge in [0.1, 0.15) is 0 Å². The Balaban J connectivity index is 2.32. The lowest BCUT2D eigenvalue weighted by Gasteiger charge is -2.14. The van der Waals surface area contributed by atoms with Gasteiger partial charge in [-0.25, -0.2) is 9.59 Å². The largest absolute Gasteiger partial charge is 0.478 e. The van der Waals surface area contributed by atoms with Gasteiger partial charge in [0.2, 0.25) is 0 Å². The van der Waals surface area contributed by atoms with Crippen LogP contribution in [0.1, 0.15) is 42.1 Å². The van der Waals surface area contributed by atoms with E-state index in [0.29, 0.717) is 6.54 Å². The number of hydrogen-bond acceptors (Lipinski definition) is 2. The van der Waals surface area contributed by atoms with Crippen LogP contribution in [0.2, 0.25) is 0 Å². The van der Waals surface area contributed by atoms with Crippen molar-refractivity contribution in [3.8, 4) is 0 Å². The van der Waals surface area contributed by atoms with Crippen LogP contribution < -0.4 is 10.6 Å². The van der Waals surface area contributed by atoms with E-state index in [0.717, 1.165) is 24.8 Å². The fraction of sp³-hybridized carbons (Fsp3) is 0.375. The molecule has 0 aromatic heterocycles. The monoisotopic (exact) mass is 290 g/mol. The summed E-state index contributed by atoms with van der Waals surface area (Å²) < 4.78 is 0. The minimum absolute atomic E-state index is 0.110. The minimum atomic E-state index is -0.958. The van der Waals surface area contributed by atoms with E-state index in [4.69, 9.17) is 5.11 Å². The lowest BCUT2D eigenvalue weighted by Crippen LogP contribution is -2.40. The zero-order valence-electron chi connectivity index (χ0n) is 12.3. The lowest BCUT2D eigenvalue weighted by molar-refractivity contribution is 0.0697. The van der Waals surface area contributed by atoms with Gasteiger partial charge in [-0.3, -0.25) is 0 Å². The van der Waals surface area contributed by atoms with Gasteiger partial charge in [-0.15, -0.1) is 6.58 Å². The number of carbonyl (C=O) groups excluding carboxylic acids is 1. The summed E-state index contributed by atoms with van der Waals surface area (Å²) in [7, 11) is 0. The Labute approximate surface area is 125 Å². The smallest absolute Gasteiger partial charge is 0.335 e. The molecule has 0 bridgehead atoms. The summed E-state index contributed by atoms with van der Waals surface area (Å²) in [4.78, 5) is 22.4. The lowest BCUT2D eigenvalue weighted by atomic mass is 10.1. The van der Waals surface area contributed by atoms with Crippen molar-refractivity contribution in [1.82, 2.24) is 10.6 Å². The molecule has 0 spiro atoms.